The van der Waals surface area contributed by atoms with E-state index < -0.39 is 0 Å². The van der Waals surface area contributed by atoms with Crippen LogP contribution in [0.2, 0.25) is 0 Å². The van der Waals surface area contributed by atoms with Crippen LogP contribution in [0.5, 0.6) is 0 Å². The van der Waals surface area contributed by atoms with Gasteiger partial charge in [-0.15, -0.1) is 0 Å². The molecule has 0 spiro atoms. The molecule has 6 nitrogen and oxygen atoms in total. The minimum Gasteiger partial charge on any atom is -0.341 e. The highest BCUT2D eigenvalue weighted by Crippen LogP contribution is 2.23. The van der Waals surface area contributed by atoms with Crippen molar-refractivity contribution in [1.82, 2.24) is 24.6 Å². The predicted octanol–water partition coefficient (Wildman–Crippen LogP) is 1.07. The first-order valence-electron chi connectivity index (χ1n) is 5.21. The summed E-state index contributed by atoms with van der Waals surface area (Å²) in [6.45, 7) is 1.37. The normalized spacial score (nSPS) is 15.9. The van der Waals surface area contributed by atoms with Crippen molar-refractivity contribution in [2.45, 2.75) is 6.04 Å². The Hall–Kier alpha value is -1.63. The van der Waals surface area contributed by atoms with Crippen LogP contribution in [0.15, 0.2) is 29.4 Å². The number of carbonyl (C=O) groups excluding carboxylic acids is 1. The first-order valence-corrected chi connectivity index (χ1v) is 6.00. The van der Waals surface area contributed by atoms with Crippen LogP contribution in [-0.2, 0) is 0 Å². The Kier molecular flexibility index (Phi) is 2.47. The summed E-state index contributed by atoms with van der Waals surface area (Å²) in [5, 5.41) is 4.21. The van der Waals surface area contributed by atoms with Crippen molar-refractivity contribution in [2.24, 2.45) is 0 Å². The minimum atomic E-state index is -0.00929. The topological polar surface area (TPSA) is 66.8 Å². The lowest BCUT2D eigenvalue weighted by atomic mass is 10.1. The van der Waals surface area contributed by atoms with E-state index in [4.69, 9.17) is 0 Å². The second-order valence-corrected chi connectivity index (χ2v) is 4.88. The molecule has 0 saturated carbocycles. The van der Waals surface area contributed by atoms with E-state index in [1.54, 1.807) is 17.3 Å². The van der Waals surface area contributed by atoms with Crippen molar-refractivity contribution in [3.8, 4) is 0 Å². The third kappa shape index (κ3) is 1.86. The van der Waals surface area contributed by atoms with Gasteiger partial charge in [0.05, 0.1) is 29.2 Å². The van der Waals surface area contributed by atoms with E-state index in [0.29, 0.717) is 18.8 Å². The maximum Gasteiger partial charge on any atom is 0.272 e. The quantitative estimate of drug-likeness (QED) is 0.901. The van der Waals surface area contributed by atoms with Gasteiger partial charge in [-0.25, -0.2) is 4.98 Å². The number of nitrogens with one attached hydrogen (secondary N) is 1. The Balaban J connectivity index is 1.63. The van der Waals surface area contributed by atoms with Crippen molar-refractivity contribution in [3.05, 3.63) is 35.1 Å². The highest BCUT2D eigenvalue weighted by molar-refractivity contribution is 9.10. The zero-order chi connectivity index (χ0) is 11.8. The molecule has 1 aliphatic rings. The maximum absolute atomic E-state index is 11.9. The molecule has 0 radical (unpaired) electrons. The number of carbonyl (C=O) groups is 1. The molecule has 1 fully saturated rings. The van der Waals surface area contributed by atoms with Gasteiger partial charge in [0, 0.05) is 19.3 Å². The number of nitrogens with zero attached hydrogens (tertiary/aromatic N) is 4. The predicted molar refractivity (Wildman–Crippen MR) is 63.5 cm³/mol. The standard InChI is InChI=1S/C10H10BrN5O/c11-7-1-14-16(3-7)8-4-15(5-8)10(17)9-2-12-6-13-9/h1-3,6,8H,4-5H2,(H,12,13). The van der Waals surface area contributed by atoms with Crippen molar-refractivity contribution in [2.75, 3.05) is 13.1 Å². The molecule has 1 amide bonds. The van der Waals surface area contributed by atoms with Gasteiger partial charge in [0.1, 0.15) is 5.69 Å². The number of rotatable bonds is 2. The highest BCUT2D eigenvalue weighted by atomic mass is 79.9. The Labute approximate surface area is 106 Å². The summed E-state index contributed by atoms with van der Waals surface area (Å²) in [7, 11) is 0. The molecule has 0 unspecified atom stereocenters. The SMILES string of the molecule is O=C(c1cnc[nH]1)N1CC(n2cc(Br)cn2)C1. The van der Waals surface area contributed by atoms with Crippen LogP contribution in [0, 0.1) is 0 Å². The molecule has 0 aliphatic carbocycles. The van der Waals surface area contributed by atoms with Crippen LogP contribution in [0.3, 0.4) is 0 Å². The first kappa shape index (κ1) is 10.5. The Bertz CT molecular complexity index is 529. The van der Waals surface area contributed by atoms with Gasteiger partial charge in [-0.1, -0.05) is 0 Å². The fraction of sp³-hybridized carbons (Fsp3) is 0.300. The molecule has 88 valence electrons. The zero-order valence-corrected chi connectivity index (χ0v) is 10.5. The molecule has 1 N–H and O–H groups in total. The summed E-state index contributed by atoms with van der Waals surface area (Å²) >= 11 is 3.35. The van der Waals surface area contributed by atoms with Crippen LogP contribution in [0.4, 0.5) is 0 Å². The smallest absolute Gasteiger partial charge is 0.272 e. The number of hydrogen-bond acceptors (Lipinski definition) is 3. The van der Waals surface area contributed by atoms with E-state index in [1.807, 2.05) is 10.9 Å². The van der Waals surface area contributed by atoms with Crippen LogP contribution in [0.25, 0.3) is 0 Å². The molecule has 1 saturated heterocycles. The van der Waals surface area contributed by atoms with Crippen molar-refractivity contribution in [3.63, 3.8) is 0 Å². The van der Waals surface area contributed by atoms with Gasteiger partial charge in [0.2, 0.25) is 0 Å². The van der Waals surface area contributed by atoms with Gasteiger partial charge in [0.25, 0.3) is 5.91 Å². The van der Waals surface area contributed by atoms with Gasteiger partial charge >= 0.3 is 0 Å². The molecule has 1 aliphatic heterocycles. The van der Waals surface area contributed by atoms with Crippen molar-refractivity contribution in [1.29, 1.82) is 0 Å². The summed E-state index contributed by atoms with van der Waals surface area (Å²) in [5.74, 6) is -0.00929. The van der Waals surface area contributed by atoms with Crippen molar-refractivity contribution >= 4 is 21.8 Å². The highest BCUT2D eigenvalue weighted by Gasteiger charge is 2.33. The van der Waals surface area contributed by atoms with Gasteiger partial charge in [-0.2, -0.15) is 5.10 Å². The molecule has 3 rings (SSSR count). The first-order chi connectivity index (χ1) is 8.24. The number of aromatic nitrogens is 4. The molecule has 2 aromatic rings. The van der Waals surface area contributed by atoms with Crippen LogP contribution >= 0.6 is 15.9 Å². The summed E-state index contributed by atoms with van der Waals surface area (Å²) in [6, 6.07) is 0.271. The molecule has 0 aromatic carbocycles. The van der Waals surface area contributed by atoms with E-state index in [-0.39, 0.29) is 11.9 Å². The van der Waals surface area contributed by atoms with E-state index in [0.717, 1.165) is 4.47 Å². The van der Waals surface area contributed by atoms with E-state index in [1.165, 1.54) is 6.33 Å². The van der Waals surface area contributed by atoms with Crippen LogP contribution in [0.1, 0.15) is 16.5 Å². The van der Waals surface area contributed by atoms with E-state index >= 15 is 0 Å². The average Bonchev–Trinajstić information content (AvgIpc) is 2.86. The van der Waals surface area contributed by atoms with Gasteiger partial charge in [0.15, 0.2) is 0 Å². The van der Waals surface area contributed by atoms with Gasteiger partial charge < -0.3 is 9.88 Å². The number of H-pyrrole nitrogens is 1. The summed E-state index contributed by atoms with van der Waals surface area (Å²) in [4.78, 5) is 20.3. The fourth-order valence-corrected chi connectivity index (χ4v) is 2.15. The lowest BCUT2D eigenvalue weighted by Gasteiger charge is -2.38. The van der Waals surface area contributed by atoms with Crippen LogP contribution in [-0.4, -0.2) is 43.6 Å². The number of likely N-dealkylation sites (tertiary alicyclic amines) is 1. The Morgan fingerprint density at radius 1 is 1.47 bits per heavy atom. The van der Waals surface area contributed by atoms with Gasteiger partial charge in [-0.3, -0.25) is 9.48 Å². The second-order valence-electron chi connectivity index (χ2n) is 3.97. The largest absolute Gasteiger partial charge is 0.341 e. The summed E-state index contributed by atoms with van der Waals surface area (Å²) in [6.07, 6.45) is 6.72. The third-order valence-electron chi connectivity index (χ3n) is 2.82. The number of halogens is 1. The number of amides is 1. The van der Waals surface area contributed by atoms with Crippen LogP contribution < -0.4 is 0 Å². The Morgan fingerprint density at radius 2 is 2.29 bits per heavy atom. The molecule has 0 bridgehead atoms. The third-order valence-corrected chi connectivity index (χ3v) is 3.23. The molecule has 7 heteroatoms. The molecule has 3 heterocycles. The van der Waals surface area contributed by atoms with Crippen molar-refractivity contribution < 1.29 is 4.79 Å². The zero-order valence-electron chi connectivity index (χ0n) is 8.88. The molecular formula is C10H10BrN5O. The lowest BCUT2D eigenvalue weighted by molar-refractivity contribution is 0.0496. The summed E-state index contributed by atoms with van der Waals surface area (Å²) in [5.41, 5.74) is 0.532. The van der Waals surface area contributed by atoms with E-state index in [2.05, 4.69) is 31.0 Å². The minimum absolute atomic E-state index is 0.00929. The molecule has 2 aromatic heterocycles. The summed E-state index contributed by atoms with van der Waals surface area (Å²) < 4.78 is 2.83. The monoisotopic (exact) mass is 295 g/mol. The second kappa shape index (κ2) is 3.99. The maximum atomic E-state index is 11.9. The number of aromatic amines is 1. The average molecular weight is 296 g/mol. The molecule has 0 atom stereocenters. The number of hydrogen-bond donors (Lipinski definition) is 1. The lowest BCUT2D eigenvalue weighted by Crippen LogP contribution is -2.50. The Morgan fingerprint density at radius 3 is 2.88 bits per heavy atom. The fourth-order valence-electron chi connectivity index (χ4n) is 1.85. The molecule has 17 heavy (non-hydrogen) atoms. The molecular weight excluding hydrogens is 286 g/mol. The van der Waals surface area contributed by atoms with Gasteiger partial charge in [-0.05, 0) is 15.9 Å². The number of imidazole rings is 1. The van der Waals surface area contributed by atoms with E-state index in [9.17, 15) is 4.79 Å².